The molecule has 0 unspecified atom stereocenters. The van der Waals surface area contributed by atoms with Gasteiger partial charge in [-0.25, -0.2) is 4.79 Å². The van der Waals surface area contributed by atoms with Gasteiger partial charge >= 0.3 is 5.69 Å². The van der Waals surface area contributed by atoms with Crippen molar-refractivity contribution in [3.8, 4) is 0 Å². The minimum absolute atomic E-state index is 0.623. The molecule has 0 N–H and O–H groups in total. The summed E-state index contributed by atoms with van der Waals surface area (Å²) in [6.45, 7) is 0. The van der Waals surface area contributed by atoms with Gasteiger partial charge in [-0.2, -0.15) is 4.98 Å². The Morgan fingerprint density at radius 1 is 1.38 bits per heavy atom. The van der Waals surface area contributed by atoms with Crippen LogP contribution in [-0.2, 0) is 0 Å². The summed E-state index contributed by atoms with van der Waals surface area (Å²) in [5.74, 6) is 0. The first kappa shape index (κ1) is 4.76. The molecule has 0 radical (unpaired) electrons. The zero-order chi connectivity index (χ0) is 5.82. The van der Waals surface area contributed by atoms with E-state index in [1.165, 1.54) is 12.4 Å². The van der Waals surface area contributed by atoms with Crippen LogP contribution < -0.4 is 5.69 Å². The van der Waals surface area contributed by atoms with E-state index in [1.54, 1.807) is 0 Å². The normalized spacial score (nSPS) is 8.50. The zero-order valence-electron chi connectivity index (χ0n) is 3.85. The molecule has 1 heterocycles. The lowest BCUT2D eigenvalue weighted by atomic mass is 10.9. The molecule has 0 fully saturated rings. The van der Waals surface area contributed by atoms with Crippen LogP contribution in [0.25, 0.3) is 0 Å². The quantitative estimate of drug-likeness (QED) is 0.412. The van der Waals surface area contributed by atoms with Crippen LogP contribution in [0.2, 0.25) is 0 Å². The van der Waals surface area contributed by atoms with Crippen LogP contribution in [0.5, 0.6) is 0 Å². The van der Waals surface area contributed by atoms with Gasteiger partial charge in [-0.15, -0.1) is 5.10 Å². The molecular formula is C3H2N4O. The van der Waals surface area contributed by atoms with Crippen LogP contribution in [0.1, 0.15) is 0 Å². The highest BCUT2D eigenvalue weighted by molar-refractivity contribution is 4.58. The van der Waals surface area contributed by atoms with Crippen molar-refractivity contribution in [3.05, 3.63) is 22.9 Å². The van der Waals surface area contributed by atoms with Gasteiger partial charge in [0.15, 0.2) is 0 Å². The molecule has 5 nitrogen and oxygen atoms in total. The van der Waals surface area contributed by atoms with E-state index in [-0.39, 0.29) is 0 Å². The molecule has 0 atom stereocenters. The van der Waals surface area contributed by atoms with Gasteiger partial charge < -0.3 is 0 Å². The number of aromatic nitrogens is 4. The molecule has 0 amide bonds. The van der Waals surface area contributed by atoms with Gasteiger partial charge in [-0.05, 0) is 5.21 Å². The van der Waals surface area contributed by atoms with Crippen molar-refractivity contribution in [2.75, 3.05) is 0 Å². The van der Waals surface area contributed by atoms with Gasteiger partial charge in [0.05, 0.1) is 12.4 Å². The predicted octanol–water partition coefficient (Wildman–Crippen LogP) is -1.37. The Morgan fingerprint density at radius 2 is 2.25 bits per heavy atom. The van der Waals surface area contributed by atoms with Crippen LogP contribution >= 0.6 is 0 Å². The van der Waals surface area contributed by atoms with Gasteiger partial charge in [0.1, 0.15) is 0 Å². The molecule has 0 saturated heterocycles. The SMILES string of the molecule is O=c1nccnnn1. The topological polar surface area (TPSA) is 68.6 Å². The fourth-order valence-corrected chi connectivity index (χ4v) is 0.247. The molecule has 8 heavy (non-hydrogen) atoms. The highest BCUT2D eigenvalue weighted by Gasteiger charge is 1.74. The maximum atomic E-state index is 10.1. The standard InChI is InChI=1S/C3H2N4O/c8-3-4-1-2-5-7-6-3/h1-2H. The van der Waals surface area contributed by atoms with Crippen LogP contribution in [0.15, 0.2) is 17.2 Å². The Bertz CT molecular complexity index is 202. The lowest BCUT2D eigenvalue weighted by Crippen LogP contribution is -2.05. The average molecular weight is 110 g/mol. The van der Waals surface area contributed by atoms with Crippen molar-refractivity contribution >= 4 is 0 Å². The lowest BCUT2D eigenvalue weighted by molar-refractivity contribution is 0.858. The number of rotatable bonds is 0. The second-order valence-corrected chi connectivity index (χ2v) is 1.01. The van der Waals surface area contributed by atoms with E-state index in [9.17, 15) is 4.79 Å². The molecule has 1 aromatic heterocycles. The Hall–Kier alpha value is -1.39. The van der Waals surface area contributed by atoms with Crippen molar-refractivity contribution in [2.45, 2.75) is 0 Å². The summed E-state index contributed by atoms with van der Waals surface area (Å²) in [5.41, 5.74) is -0.623. The van der Waals surface area contributed by atoms with Crippen LogP contribution in [0.4, 0.5) is 0 Å². The van der Waals surface area contributed by atoms with Gasteiger partial charge in [0, 0.05) is 0 Å². The molecule has 0 aliphatic rings. The van der Waals surface area contributed by atoms with E-state index in [2.05, 4.69) is 20.4 Å². The third kappa shape index (κ3) is 1.04. The fourth-order valence-electron chi connectivity index (χ4n) is 0.247. The summed E-state index contributed by atoms with van der Waals surface area (Å²) >= 11 is 0. The highest BCUT2D eigenvalue weighted by Crippen LogP contribution is 1.51. The monoisotopic (exact) mass is 110 g/mol. The summed E-state index contributed by atoms with van der Waals surface area (Å²) in [6.07, 6.45) is 2.52. The van der Waals surface area contributed by atoms with Crippen LogP contribution in [0.3, 0.4) is 0 Å². The first-order valence-corrected chi connectivity index (χ1v) is 1.90. The summed E-state index contributed by atoms with van der Waals surface area (Å²) in [7, 11) is 0. The number of nitrogens with zero attached hydrogens (tertiary/aromatic N) is 4. The summed E-state index contributed by atoms with van der Waals surface area (Å²) in [5, 5.41) is 9.37. The molecule has 40 valence electrons. The second-order valence-electron chi connectivity index (χ2n) is 1.01. The van der Waals surface area contributed by atoms with Gasteiger partial charge in [0.2, 0.25) is 0 Å². The van der Waals surface area contributed by atoms with E-state index >= 15 is 0 Å². The van der Waals surface area contributed by atoms with Crippen molar-refractivity contribution in [2.24, 2.45) is 0 Å². The minimum atomic E-state index is -0.623. The lowest BCUT2D eigenvalue weighted by Gasteiger charge is -1.54. The largest absolute Gasteiger partial charge is 0.387 e. The predicted molar refractivity (Wildman–Crippen MR) is 23.9 cm³/mol. The smallest absolute Gasteiger partial charge is 0.242 e. The molecule has 1 aromatic rings. The van der Waals surface area contributed by atoms with Crippen molar-refractivity contribution < 1.29 is 0 Å². The Labute approximate surface area is 44.4 Å². The molecule has 0 aliphatic carbocycles. The van der Waals surface area contributed by atoms with Crippen LogP contribution in [-0.4, -0.2) is 20.4 Å². The molecule has 0 bridgehead atoms. The fraction of sp³-hybridized carbons (Fsp3) is 0. The maximum absolute atomic E-state index is 10.1. The minimum Gasteiger partial charge on any atom is -0.242 e. The van der Waals surface area contributed by atoms with E-state index in [1.807, 2.05) is 0 Å². The van der Waals surface area contributed by atoms with Crippen molar-refractivity contribution in [3.63, 3.8) is 0 Å². The average Bonchev–Trinajstić information content (AvgIpc) is 1.94. The second kappa shape index (κ2) is 2.06. The van der Waals surface area contributed by atoms with E-state index < -0.39 is 5.69 Å². The van der Waals surface area contributed by atoms with Gasteiger partial charge in [-0.1, -0.05) is 5.10 Å². The molecule has 0 aliphatic heterocycles. The highest BCUT2D eigenvalue weighted by atomic mass is 16.1. The van der Waals surface area contributed by atoms with E-state index in [0.29, 0.717) is 0 Å². The van der Waals surface area contributed by atoms with Gasteiger partial charge in [-0.3, -0.25) is 0 Å². The van der Waals surface area contributed by atoms with Crippen molar-refractivity contribution in [1.82, 2.24) is 20.4 Å². The summed E-state index contributed by atoms with van der Waals surface area (Å²) < 4.78 is 0. The third-order valence-electron chi connectivity index (χ3n) is 0.500. The number of hydrogen-bond donors (Lipinski definition) is 0. The Morgan fingerprint density at radius 3 is 3.12 bits per heavy atom. The van der Waals surface area contributed by atoms with Crippen molar-refractivity contribution in [1.29, 1.82) is 0 Å². The molecule has 0 spiro atoms. The molecule has 1 rings (SSSR count). The molecular weight excluding hydrogens is 108 g/mol. The third-order valence-corrected chi connectivity index (χ3v) is 0.500. The van der Waals surface area contributed by atoms with Crippen LogP contribution in [0, 0.1) is 0 Å². The number of hydrogen-bond acceptors (Lipinski definition) is 5. The van der Waals surface area contributed by atoms with Gasteiger partial charge in [0.25, 0.3) is 0 Å². The first-order chi connectivity index (χ1) is 3.89. The maximum Gasteiger partial charge on any atom is 0.387 e. The molecule has 5 heteroatoms. The molecule has 0 aromatic carbocycles. The Balaban J connectivity index is 3.32. The summed E-state index contributed by atoms with van der Waals surface area (Å²) in [6, 6.07) is 0. The van der Waals surface area contributed by atoms with E-state index in [4.69, 9.17) is 0 Å². The first-order valence-electron chi connectivity index (χ1n) is 1.90. The van der Waals surface area contributed by atoms with E-state index in [0.717, 1.165) is 0 Å². The Kier molecular flexibility index (Phi) is 1.23. The summed E-state index contributed by atoms with van der Waals surface area (Å²) in [4.78, 5) is 13.4. The zero-order valence-corrected chi connectivity index (χ0v) is 3.85. The molecule has 0 saturated carbocycles.